The van der Waals surface area contributed by atoms with Crippen LogP contribution in [0, 0.1) is 5.92 Å². The second-order valence-corrected chi connectivity index (χ2v) is 8.36. The molecule has 0 amide bonds. The first-order valence-corrected chi connectivity index (χ1v) is 9.58. The van der Waals surface area contributed by atoms with E-state index in [9.17, 15) is 10.2 Å². The first-order valence-electron chi connectivity index (χ1n) is 9.58. The number of phenolic OH excluding ortho intramolecular Hbond substituents is 2. The summed E-state index contributed by atoms with van der Waals surface area (Å²) >= 11 is 0. The SMILES string of the molecule is C[N+]1(C)C2CCC1CC(C=C(c1ccccc1O)c1ccccc1O)C2. The summed E-state index contributed by atoms with van der Waals surface area (Å²) in [6, 6.07) is 16.3. The third kappa shape index (κ3) is 2.90. The van der Waals surface area contributed by atoms with Crippen molar-refractivity contribution in [3.05, 3.63) is 65.7 Å². The smallest absolute Gasteiger partial charge is 0.123 e. The van der Waals surface area contributed by atoms with Crippen LogP contribution in [0.1, 0.15) is 36.8 Å². The summed E-state index contributed by atoms with van der Waals surface area (Å²) in [5, 5.41) is 20.9. The van der Waals surface area contributed by atoms with E-state index in [1.54, 1.807) is 12.1 Å². The summed E-state index contributed by atoms with van der Waals surface area (Å²) in [4.78, 5) is 0. The van der Waals surface area contributed by atoms with Gasteiger partial charge in [-0.15, -0.1) is 0 Å². The van der Waals surface area contributed by atoms with Crippen LogP contribution < -0.4 is 0 Å². The largest absolute Gasteiger partial charge is 0.507 e. The molecule has 2 N–H and O–H groups in total. The molecule has 0 aliphatic carbocycles. The van der Waals surface area contributed by atoms with Crippen molar-refractivity contribution in [1.82, 2.24) is 0 Å². The Bertz CT molecular complexity index is 776. The summed E-state index contributed by atoms with van der Waals surface area (Å²) in [5.41, 5.74) is 2.53. The van der Waals surface area contributed by atoms with Crippen molar-refractivity contribution in [1.29, 1.82) is 0 Å². The quantitative estimate of drug-likeness (QED) is 0.798. The lowest BCUT2D eigenvalue weighted by molar-refractivity contribution is -0.931. The molecule has 0 spiro atoms. The maximum absolute atomic E-state index is 10.4. The summed E-state index contributed by atoms with van der Waals surface area (Å²) in [6.07, 6.45) is 7.27. The molecule has 2 unspecified atom stereocenters. The van der Waals surface area contributed by atoms with Crippen LogP contribution in [0.5, 0.6) is 11.5 Å². The molecule has 3 nitrogen and oxygen atoms in total. The van der Waals surface area contributed by atoms with Gasteiger partial charge in [0, 0.05) is 36.8 Å². The van der Waals surface area contributed by atoms with E-state index < -0.39 is 0 Å². The van der Waals surface area contributed by atoms with Crippen molar-refractivity contribution in [3.8, 4) is 11.5 Å². The van der Waals surface area contributed by atoms with Gasteiger partial charge in [-0.25, -0.2) is 0 Å². The van der Waals surface area contributed by atoms with E-state index in [2.05, 4.69) is 20.2 Å². The van der Waals surface area contributed by atoms with E-state index >= 15 is 0 Å². The highest BCUT2D eigenvalue weighted by Crippen LogP contribution is 2.44. The fourth-order valence-electron chi connectivity index (χ4n) is 5.02. The van der Waals surface area contributed by atoms with Crippen molar-refractivity contribution in [2.24, 2.45) is 5.92 Å². The number of fused-ring (bicyclic) bond motifs is 2. The van der Waals surface area contributed by atoms with Crippen LogP contribution in [0.15, 0.2) is 54.6 Å². The molecule has 0 radical (unpaired) electrons. The normalized spacial score (nSPS) is 26.5. The number of allylic oxidation sites excluding steroid dienone is 1. The van der Waals surface area contributed by atoms with Crippen molar-refractivity contribution >= 4 is 5.57 Å². The maximum Gasteiger partial charge on any atom is 0.123 e. The Morgan fingerprint density at radius 1 is 0.846 bits per heavy atom. The number of quaternary nitrogens is 1. The van der Waals surface area contributed by atoms with Gasteiger partial charge in [0.15, 0.2) is 0 Å². The van der Waals surface area contributed by atoms with Crippen molar-refractivity contribution in [2.75, 3.05) is 14.1 Å². The van der Waals surface area contributed by atoms with Crippen molar-refractivity contribution in [2.45, 2.75) is 37.8 Å². The van der Waals surface area contributed by atoms with Crippen molar-refractivity contribution in [3.63, 3.8) is 0 Å². The molecule has 2 aliphatic heterocycles. The summed E-state index contributed by atoms with van der Waals surface area (Å²) in [5.74, 6) is 1.00. The van der Waals surface area contributed by atoms with E-state index in [1.165, 1.54) is 25.7 Å². The Labute approximate surface area is 155 Å². The Kier molecular flexibility index (Phi) is 4.28. The van der Waals surface area contributed by atoms with Gasteiger partial charge in [-0.05, 0) is 23.6 Å². The summed E-state index contributed by atoms with van der Waals surface area (Å²) < 4.78 is 1.15. The number of para-hydroxylation sites is 2. The number of hydrogen-bond donors (Lipinski definition) is 2. The lowest BCUT2D eigenvalue weighted by Gasteiger charge is -2.44. The highest BCUT2D eigenvalue weighted by atomic mass is 16.3. The van der Waals surface area contributed by atoms with Gasteiger partial charge in [0.05, 0.1) is 26.2 Å². The second kappa shape index (κ2) is 6.48. The monoisotopic (exact) mass is 350 g/mol. The van der Waals surface area contributed by atoms with E-state index in [4.69, 9.17) is 0 Å². The lowest BCUT2D eigenvalue weighted by Crippen LogP contribution is -2.54. The second-order valence-electron chi connectivity index (χ2n) is 8.36. The number of nitrogens with zero attached hydrogens (tertiary/aromatic N) is 1. The predicted octanol–water partition coefficient (Wildman–Crippen LogP) is 4.55. The van der Waals surface area contributed by atoms with Gasteiger partial charge in [-0.1, -0.05) is 42.5 Å². The molecule has 0 saturated carbocycles. The molecule has 2 heterocycles. The van der Waals surface area contributed by atoms with Gasteiger partial charge in [-0.2, -0.15) is 0 Å². The van der Waals surface area contributed by atoms with Crippen molar-refractivity contribution < 1.29 is 14.7 Å². The highest BCUT2D eigenvalue weighted by Gasteiger charge is 2.48. The molecule has 136 valence electrons. The van der Waals surface area contributed by atoms with Crippen LogP contribution in [0.4, 0.5) is 0 Å². The van der Waals surface area contributed by atoms with Gasteiger partial charge in [0.25, 0.3) is 0 Å². The fourth-order valence-corrected chi connectivity index (χ4v) is 5.02. The third-order valence-corrected chi connectivity index (χ3v) is 6.66. The summed E-state index contributed by atoms with van der Waals surface area (Å²) in [6.45, 7) is 0. The van der Waals surface area contributed by atoms with Crippen LogP contribution in [0.2, 0.25) is 0 Å². The molecule has 2 bridgehead atoms. The molecule has 0 aromatic heterocycles. The predicted molar refractivity (Wildman–Crippen MR) is 105 cm³/mol. The lowest BCUT2D eigenvalue weighted by atomic mass is 9.85. The van der Waals surface area contributed by atoms with Crippen LogP contribution in [-0.2, 0) is 0 Å². The molecule has 2 saturated heterocycles. The molecule has 26 heavy (non-hydrogen) atoms. The van der Waals surface area contributed by atoms with E-state index in [-0.39, 0.29) is 11.5 Å². The average Bonchev–Trinajstić information content (AvgIpc) is 2.78. The minimum absolute atomic E-state index is 0.261. The number of piperidine rings is 1. The molecule has 3 heteroatoms. The van der Waals surface area contributed by atoms with Crippen LogP contribution in [-0.4, -0.2) is 40.9 Å². The fraction of sp³-hybridized carbons (Fsp3) is 0.391. The molecular formula is C23H28NO2+. The van der Waals surface area contributed by atoms with E-state index in [0.717, 1.165) is 21.2 Å². The zero-order valence-corrected chi connectivity index (χ0v) is 15.6. The minimum Gasteiger partial charge on any atom is -0.507 e. The molecule has 2 aliphatic rings. The Hall–Kier alpha value is -2.26. The zero-order valence-electron chi connectivity index (χ0n) is 15.6. The average molecular weight is 350 g/mol. The van der Waals surface area contributed by atoms with Gasteiger partial charge in [0.1, 0.15) is 11.5 Å². The summed E-state index contributed by atoms with van der Waals surface area (Å²) in [7, 11) is 4.74. The highest BCUT2D eigenvalue weighted by molar-refractivity contribution is 5.85. The maximum atomic E-state index is 10.4. The van der Waals surface area contributed by atoms with Crippen LogP contribution in [0.25, 0.3) is 5.57 Å². The zero-order chi connectivity index (χ0) is 18.3. The van der Waals surface area contributed by atoms with Gasteiger partial charge in [-0.3, -0.25) is 0 Å². The van der Waals surface area contributed by atoms with E-state index in [0.29, 0.717) is 18.0 Å². The first kappa shape index (κ1) is 17.2. The number of rotatable bonds is 3. The minimum atomic E-state index is 0.261. The van der Waals surface area contributed by atoms with Gasteiger partial charge >= 0.3 is 0 Å². The number of phenols is 2. The molecule has 4 rings (SSSR count). The number of hydrogen-bond acceptors (Lipinski definition) is 2. The van der Waals surface area contributed by atoms with Gasteiger partial charge < -0.3 is 14.7 Å². The molecule has 2 aromatic carbocycles. The number of benzene rings is 2. The topological polar surface area (TPSA) is 40.5 Å². The standard InChI is InChI=1S/C23H27NO2/c1-24(2)17-11-12-18(24)14-16(13-17)15-21(19-7-3-5-9-22(19)25)20-8-4-6-10-23(20)26/h3-10,15-18H,11-14H2,1-2H3,(H-,25,26)/p+1. The Balaban J connectivity index is 1.76. The molecule has 2 atom stereocenters. The Morgan fingerprint density at radius 2 is 1.31 bits per heavy atom. The number of aromatic hydroxyl groups is 2. The third-order valence-electron chi connectivity index (χ3n) is 6.66. The van der Waals surface area contributed by atoms with Crippen LogP contribution >= 0.6 is 0 Å². The first-order chi connectivity index (χ1) is 12.5. The van der Waals surface area contributed by atoms with E-state index in [1.807, 2.05) is 36.4 Å². The molecular weight excluding hydrogens is 322 g/mol. The van der Waals surface area contributed by atoms with Gasteiger partial charge in [0.2, 0.25) is 0 Å². The molecule has 2 aromatic rings. The Morgan fingerprint density at radius 3 is 1.77 bits per heavy atom. The van der Waals surface area contributed by atoms with Crippen LogP contribution in [0.3, 0.4) is 0 Å². The molecule has 2 fully saturated rings.